The van der Waals surface area contributed by atoms with Crippen LogP contribution in [-0.2, 0) is 7.05 Å². The number of hydrogen-bond acceptors (Lipinski definition) is 3. The number of aromatic nitrogens is 2. The van der Waals surface area contributed by atoms with E-state index in [0.717, 1.165) is 27.8 Å². The Balaban J connectivity index is 1.84. The molecule has 5 heteroatoms. The molecule has 0 radical (unpaired) electrons. The molecule has 1 N–H and O–H groups in total. The van der Waals surface area contributed by atoms with E-state index in [9.17, 15) is 4.79 Å². The Hall–Kier alpha value is -2.56. The number of benzene rings is 1. The third-order valence-corrected chi connectivity index (χ3v) is 4.22. The molecule has 0 saturated carbocycles. The zero-order valence-electron chi connectivity index (χ0n) is 14.1. The Kier molecular flexibility index (Phi) is 3.72. The van der Waals surface area contributed by atoms with Crippen molar-refractivity contribution in [3.8, 4) is 0 Å². The third kappa shape index (κ3) is 2.86. The number of rotatable bonds is 3. The molecule has 0 saturated heterocycles. The molecule has 0 aliphatic rings. The van der Waals surface area contributed by atoms with E-state index < -0.39 is 0 Å². The molecule has 1 amide bonds. The van der Waals surface area contributed by atoms with Gasteiger partial charge in [-0.3, -0.25) is 9.48 Å². The van der Waals surface area contributed by atoms with E-state index in [2.05, 4.69) is 17.3 Å². The van der Waals surface area contributed by atoms with Crippen LogP contribution in [0.2, 0.25) is 0 Å². The Morgan fingerprint density at radius 1 is 1.22 bits per heavy atom. The first-order valence-electron chi connectivity index (χ1n) is 7.67. The minimum atomic E-state index is -0.216. The topological polar surface area (TPSA) is 60.1 Å². The number of furan rings is 1. The number of amides is 1. The predicted molar refractivity (Wildman–Crippen MR) is 89.5 cm³/mol. The average Bonchev–Trinajstić information content (AvgIpc) is 3.02. The van der Waals surface area contributed by atoms with Crippen molar-refractivity contribution in [3.63, 3.8) is 0 Å². The number of carbonyl (C=O) groups is 1. The van der Waals surface area contributed by atoms with Crippen LogP contribution in [0.15, 0.2) is 28.8 Å². The predicted octanol–water partition coefficient (Wildman–Crippen LogP) is 3.58. The van der Waals surface area contributed by atoms with Crippen LogP contribution in [0, 0.1) is 20.8 Å². The van der Waals surface area contributed by atoms with Gasteiger partial charge in [-0.1, -0.05) is 0 Å². The average molecular weight is 311 g/mol. The summed E-state index contributed by atoms with van der Waals surface area (Å²) in [5, 5.41) is 8.23. The minimum absolute atomic E-state index is 0.132. The van der Waals surface area contributed by atoms with Crippen molar-refractivity contribution < 1.29 is 9.21 Å². The normalized spacial score (nSPS) is 12.6. The van der Waals surface area contributed by atoms with Gasteiger partial charge in [0.1, 0.15) is 5.58 Å². The number of hydrogen-bond donors (Lipinski definition) is 1. The van der Waals surface area contributed by atoms with E-state index in [0.29, 0.717) is 5.76 Å². The summed E-state index contributed by atoms with van der Waals surface area (Å²) in [6, 6.07) is 5.67. The summed E-state index contributed by atoms with van der Waals surface area (Å²) >= 11 is 0. The summed E-state index contributed by atoms with van der Waals surface area (Å²) in [5.41, 5.74) is 4.99. The molecular formula is C18H21N3O2. The molecule has 120 valence electrons. The van der Waals surface area contributed by atoms with Crippen molar-refractivity contribution in [1.29, 1.82) is 0 Å². The van der Waals surface area contributed by atoms with Crippen LogP contribution in [0.3, 0.4) is 0 Å². The highest BCUT2D eigenvalue weighted by Crippen LogP contribution is 2.24. The summed E-state index contributed by atoms with van der Waals surface area (Å²) < 4.78 is 7.46. The van der Waals surface area contributed by atoms with E-state index in [1.54, 1.807) is 10.7 Å². The summed E-state index contributed by atoms with van der Waals surface area (Å²) in [6.07, 6.45) is 1.92. The van der Waals surface area contributed by atoms with Crippen molar-refractivity contribution in [2.45, 2.75) is 33.7 Å². The van der Waals surface area contributed by atoms with Gasteiger partial charge in [0, 0.05) is 24.2 Å². The summed E-state index contributed by atoms with van der Waals surface area (Å²) in [7, 11) is 1.87. The van der Waals surface area contributed by atoms with Gasteiger partial charge in [-0.15, -0.1) is 0 Å². The highest BCUT2D eigenvalue weighted by molar-refractivity contribution is 5.96. The molecule has 3 aromatic rings. The molecule has 1 unspecified atom stereocenters. The van der Waals surface area contributed by atoms with E-state index in [1.165, 1.54) is 5.56 Å². The maximum Gasteiger partial charge on any atom is 0.287 e. The van der Waals surface area contributed by atoms with Crippen molar-refractivity contribution in [1.82, 2.24) is 15.1 Å². The van der Waals surface area contributed by atoms with Gasteiger partial charge in [0.15, 0.2) is 5.76 Å². The van der Waals surface area contributed by atoms with Crippen LogP contribution in [-0.4, -0.2) is 15.7 Å². The highest BCUT2D eigenvalue weighted by atomic mass is 16.3. The van der Waals surface area contributed by atoms with Gasteiger partial charge in [0.25, 0.3) is 5.91 Å². The molecule has 5 nitrogen and oxygen atoms in total. The molecule has 0 bridgehead atoms. The van der Waals surface area contributed by atoms with Gasteiger partial charge in [0.05, 0.1) is 11.7 Å². The van der Waals surface area contributed by atoms with Crippen LogP contribution in [0.1, 0.15) is 45.9 Å². The summed E-state index contributed by atoms with van der Waals surface area (Å²) in [6.45, 7) is 7.96. The standard InChI is InChI=1S/C18H21N3O2/c1-10-6-14-8-17(23-16(14)7-11(10)2)18(22)19-12(3)15-9-21(5)20-13(15)4/h6-9,12H,1-5H3,(H,19,22). The van der Waals surface area contributed by atoms with E-state index in [-0.39, 0.29) is 11.9 Å². The smallest absolute Gasteiger partial charge is 0.287 e. The largest absolute Gasteiger partial charge is 0.451 e. The van der Waals surface area contributed by atoms with E-state index >= 15 is 0 Å². The minimum Gasteiger partial charge on any atom is -0.451 e. The lowest BCUT2D eigenvalue weighted by Gasteiger charge is -2.11. The highest BCUT2D eigenvalue weighted by Gasteiger charge is 2.18. The molecule has 0 spiro atoms. The summed E-state index contributed by atoms with van der Waals surface area (Å²) in [5.74, 6) is 0.116. The fourth-order valence-electron chi connectivity index (χ4n) is 2.80. The Bertz CT molecular complexity index is 850. The molecule has 0 aliphatic carbocycles. The lowest BCUT2D eigenvalue weighted by molar-refractivity contribution is 0.0914. The molecule has 2 aromatic heterocycles. The zero-order chi connectivity index (χ0) is 16.7. The van der Waals surface area contributed by atoms with Crippen molar-refractivity contribution in [2.75, 3.05) is 0 Å². The van der Waals surface area contributed by atoms with Gasteiger partial charge in [-0.2, -0.15) is 5.10 Å². The lowest BCUT2D eigenvalue weighted by atomic mass is 10.1. The van der Waals surface area contributed by atoms with E-state index in [1.807, 2.05) is 46.1 Å². The number of aryl methyl sites for hydroxylation is 4. The van der Waals surface area contributed by atoms with Gasteiger partial charge >= 0.3 is 0 Å². The first kappa shape index (κ1) is 15.3. The molecule has 23 heavy (non-hydrogen) atoms. The third-order valence-electron chi connectivity index (χ3n) is 4.22. The van der Waals surface area contributed by atoms with Gasteiger partial charge in [0.2, 0.25) is 0 Å². The second-order valence-electron chi connectivity index (χ2n) is 6.12. The summed E-state index contributed by atoms with van der Waals surface area (Å²) in [4.78, 5) is 12.5. The second kappa shape index (κ2) is 5.57. The van der Waals surface area contributed by atoms with Crippen LogP contribution in [0.25, 0.3) is 11.0 Å². The molecular weight excluding hydrogens is 290 g/mol. The van der Waals surface area contributed by atoms with Crippen LogP contribution in [0.4, 0.5) is 0 Å². The maximum absolute atomic E-state index is 12.5. The molecule has 3 rings (SSSR count). The maximum atomic E-state index is 12.5. The van der Waals surface area contributed by atoms with Gasteiger partial charge in [-0.05, 0) is 57.0 Å². The molecule has 1 aromatic carbocycles. The quantitative estimate of drug-likeness (QED) is 0.804. The monoisotopic (exact) mass is 311 g/mol. The Morgan fingerprint density at radius 2 is 1.91 bits per heavy atom. The van der Waals surface area contributed by atoms with Crippen LogP contribution < -0.4 is 5.32 Å². The van der Waals surface area contributed by atoms with Crippen molar-refractivity contribution in [3.05, 3.63) is 52.5 Å². The SMILES string of the molecule is Cc1cc2cc(C(=O)NC(C)c3cn(C)nc3C)oc2cc1C. The first-order valence-corrected chi connectivity index (χ1v) is 7.67. The fourth-order valence-corrected chi connectivity index (χ4v) is 2.80. The number of nitrogens with one attached hydrogen (secondary N) is 1. The number of carbonyl (C=O) groups excluding carboxylic acids is 1. The molecule has 1 atom stereocenters. The lowest BCUT2D eigenvalue weighted by Crippen LogP contribution is -2.26. The van der Waals surface area contributed by atoms with Gasteiger partial charge in [-0.25, -0.2) is 0 Å². The number of fused-ring (bicyclic) bond motifs is 1. The molecule has 0 aliphatic heterocycles. The second-order valence-corrected chi connectivity index (χ2v) is 6.12. The zero-order valence-corrected chi connectivity index (χ0v) is 14.1. The molecule has 0 fully saturated rings. The Labute approximate surface area is 135 Å². The Morgan fingerprint density at radius 3 is 2.57 bits per heavy atom. The van der Waals surface area contributed by atoms with Crippen molar-refractivity contribution >= 4 is 16.9 Å². The molecule has 2 heterocycles. The van der Waals surface area contributed by atoms with E-state index in [4.69, 9.17) is 4.42 Å². The van der Waals surface area contributed by atoms with Gasteiger partial charge < -0.3 is 9.73 Å². The number of nitrogens with zero attached hydrogens (tertiary/aromatic N) is 2. The first-order chi connectivity index (χ1) is 10.8. The van der Waals surface area contributed by atoms with Crippen LogP contribution in [0.5, 0.6) is 0 Å². The van der Waals surface area contributed by atoms with Crippen LogP contribution >= 0.6 is 0 Å². The fraction of sp³-hybridized carbons (Fsp3) is 0.333. The van der Waals surface area contributed by atoms with Crippen molar-refractivity contribution in [2.24, 2.45) is 7.05 Å².